The van der Waals surface area contributed by atoms with Crippen LogP contribution in [0, 0.1) is 12.7 Å². The number of thioether (sulfide) groups is 1. The second-order valence-electron chi connectivity index (χ2n) is 6.96. The Bertz CT molecular complexity index is 910. The van der Waals surface area contributed by atoms with Crippen LogP contribution in [0.25, 0.3) is 0 Å². The fourth-order valence-corrected chi connectivity index (χ4v) is 3.77. The lowest BCUT2D eigenvalue weighted by Gasteiger charge is -2.35. The molecule has 2 aromatic rings. The number of nitrogens with zero attached hydrogens (tertiary/aromatic N) is 3. The summed E-state index contributed by atoms with van der Waals surface area (Å²) in [5.41, 5.74) is 1.14. The third kappa shape index (κ3) is 5.59. The number of hydrogen-bond acceptors (Lipinski definition) is 6. The Labute approximate surface area is 177 Å². The van der Waals surface area contributed by atoms with Gasteiger partial charge in [0.25, 0.3) is 5.91 Å². The Morgan fingerprint density at radius 3 is 2.40 bits per heavy atom. The molecule has 30 heavy (non-hydrogen) atoms. The van der Waals surface area contributed by atoms with Crippen molar-refractivity contribution in [1.29, 1.82) is 0 Å². The van der Waals surface area contributed by atoms with Crippen LogP contribution in [0.5, 0.6) is 0 Å². The van der Waals surface area contributed by atoms with Crippen molar-refractivity contribution in [3.8, 4) is 0 Å². The van der Waals surface area contributed by atoms with Gasteiger partial charge in [-0.25, -0.2) is 4.39 Å². The molecular formula is C20H23FN4O4S. The number of anilines is 1. The highest BCUT2D eigenvalue weighted by molar-refractivity contribution is 8.01. The topological polar surface area (TPSA) is 95.8 Å². The molecule has 1 aromatic heterocycles. The van der Waals surface area contributed by atoms with E-state index in [1.54, 1.807) is 29.7 Å². The minimum atomic E-state index is -0.400. The molecule has 0 radical (unpaired) electrons. The molecule has 1 fully saturated rings. The molecule has 0 aliphatic carbocycles. The van der Waals surface area contributed by atoms with Gasteiger partial charge >= 0.3 is 0 Å². The molecule has 1 aromatic carbocycles. The SMILES string of the molecule is Cc1cc(C(=O)N2CCN(C(=O)C(C)SCC(=O)Nc3ccc(F)cc3)CC2)on1. The summed E-state index contributed by atoms with van der Waals surface area (Å²) in [6.07, 6.45) is 0. The highest BCUT2D eigenvalue weighted by atomic mass is 32.2. The lowest BCUT2D eigenvalue weighted by molar-refractivity contribution is -0.131. The average Bonchev–Trinajstić information content (AvgIpc) is 3.19. The molecule has 0 spiro atoms. The van der Waals surface area contributed by atoms with Crippen molar-refractivity contribution in [2.24, 2.45) is 0 Å². The summed E-state index contributed by atoms with van der Waals surface area (Å²) in [5, 5.41) is 5.99. The minimum Gasteiger partial charge on any atom is -0.351 e. The molecular weight excluding hydrogens is 411 g/mol. The van der Waals surface area contributed by atoms with Crippen LogP contribution in [0.1, 0.15) is 23.2 Å². The first-order valence-corrected chi connectivity index (χ1v) is 10.6. The minimum absolute atomic E-state index is 0.0720. The van der Waals surface area contributed by atoms with Crippen molar-refractivity contribution in [3.63, 3.8) is 0 Å². The van der Waals surface area contributed by atoms with Gasteiger partial charge in [0.05, 0.1) is 16.7 Å². The molecule has 1 saturated heterocycles. The van der Waals surface area contributed by atoms with Crippen molar-refractivity contribution in [2.45, 2.75) is 19.1 Å². The van der Waals surface area contributed by atoms with Crippen LogP contribution in [0.3, 0.4) is 0 Å². The smallest absolute Gasteiger partial charge is 0.292 e. The van der Waals surface area contributed by atoms with E-state index in [0.29, 0.717) is 37.6 Å². The molecule has 0 bridgehead atoms. The normalized spacial score (nSPS) is 15.0. The molecule has 1 N–H and O–H groups in total. The van der Waals surface area contributed by atoms with Crippen LogP contribution in [0.2, 0.25) is 0 Å². The number of rotatable bonds is 6. The molecule has 2 heterocycles. The van der Waals surface area contributed by atoms with Gasteiger partial charge in [-0.15, -0.1) is 11.8 Å². The number of aryl methyl sites for hydroxylation is 1. The van der Waals surface area contributed by atoms with Crippen molar-refractivity contribution >= 4 is 35.2 Å². The molecule has 160 valence electrons. The van der Waals surface area contributed by atoms with Gasteiger partial charge in [0.15, 0.2) is 0 Å². The summed E-state index contributed by atoms with van der Waals surface area (Å²) in [6.45, 7) is 5.16. The monoisotopic (exact) mass is 434 g/mol. The number of benzene rings is 1. The summed E-state index contributed by atoms with van der Waals surface area (Å²) in [5.74, 6) is -0.639. The summed E-state index contributed by atoms with van der Waals surface area (Å²) in [7, 11) is 0. The number of piperazine rings is 1. The molecule has 1 aliphatic heterocycles. The van der Waals surface area contributed by atoms with Gasteiger partial charge in [0, 0.05) is 37.9 Å². The molecule has 8 nitrogen and oxygen atoms in total. The maximum atomic E-state index is 12.9. The van der Waals surface area contributed by atoms with Gasteiger partial charge in [-0.3, -0.25) is 14.4 Å². The van der Waals surface area contributed by atoms with Crippen LogP contribution >= 0.6 is 11.8 Å². The molecule has 3 rings (SSSR count). The first-order chi connectivity index (χ1) is 14.3. The van der Waals surface area contributed by atoms with E-state index < -0.39 is 5.25 Å². The van der Waals surface area contributed by atoms with Gasteiger partial charge < -0.3 is 19.6 Å². The van der Waals surface area contributed by atoms with Crippen molar-refractivity contribution < 1.29 is 23.3 Å². The molecule has 1 aliphatic rings. The van der Waals surface area contributed by atoms with E-state index in [0.717, 1.165) is 0 Å². The number of carbonyl (C=O) groups is 3. The summed E-state index contributed by atoms with van der Waals surface area (Å²) in [4.78, 5) is 40.4. The Hall–Kier alpha value is -2.88. The number of nitrogens with one attached hydrogen (secondary N) is 1. The Kier molecular flexibility index (Phi) is 7.09. The number of hydrogen-bond donors (Lipinski definition) is 1. The Morgan fingerprint density at radius 2 is 1.80 bits per heavy atom. The van der Waals surface area contributed by atoms with Crippen LogP contribution in [0.4, 0.5) is 10.1 Å². The predicted molar refractivity (Wildman–Crippen MR) is 111 cm³/mol. The maximum absolute atomic E-state index is 12.9. The number of carbonyl (C=O) groups excluding carboxylic acids is 3. The van der Waals surface area contributed by atoms with E-state index in [9.17, 15) is 18.8 Å². The third-order valence-electron chi connectivity index (χ3n) is 4.66. The average molecular weight is 434 g/mol. The van der Waals surface area contributed by atoms with Gasteiger partial charge in [0.2, 0.25) is 17.6 Å². The predicted octanol–water partition coefficient (Wildman–Crippen LogP) is 2.17. The number of aromatic nitrogens is 1. The number of halogens is 1. The lowest BCUT2D eigenvalue weighted by Crippen LogP contribution is -2.52. The van der Waals surface area contributed by atoms with Gasteiger partial charge in [-0.1, -0.05) is 5.16 Å². The van der Waals surface area contributed by atoms with Gasteiger partial charge in [-0.2, -0.15) is 0 Å². The van der Waals surface area contributed by atoms with E-state index in [-0.39, 0.29) is 35.1 Å². The first-order valence-electron chi connectivity index (χ1n) is 9.52. The Balaban J connectivity index is 1.42. The summed E-state index contributed by atoms with van der Waals surface area (Å²) < 4.78 is 17.9. The van der Waals surface area contributed by atoms with Gasteiger partial charge in [0.1, 0.15) is 5.82 Å². The van der Waals surface area contributed by atoms with E-state index in [2.05, 4.69) is 10.5 Å². The largest absolute Gasteiger partial charge is 0.351 e. The third-order valence-corrected chi connectivity index (χ3v) is 5.79. The lowest BCUT2D eigenvalue weighted by atomic mass is 10.2. The van der Waals surface area contributed by atoms with E-state index in [1.165, 1.54) is 36.0 Å². The van der Waals surface area contributed by atoms with Crippen LogP contribution in [-0.4, -0.2) is 69.9 Å². The van der Waals surface area contributed by atoms with Crippen LogP contribution in [0.15, 0.2) is 34.9 Å². The summed E-state index contributed by atoms with van der Waals surface area (Å²) >= 11 is 1.23. The second-order valence-corrected chi connectivity index (χ2v) is 8.29. The standard InChI is InChI=1S/C20H23FN4O4S/c1-13-11-17(29-23-13)20(28)25-9-7-24(8-10-25)19(27)14(2)30-12-18(26)22-16-5-3-15(21)4-6-16/h3-6,11,14H,7-10,12H2,1-2H3,(H,22,26). The van der Waals surface area contributed by atoms with Crippen LogP contribution < -0.4 is 5.32 Å². The second kappa shape index (κ2) is 9.75. The fourth-order valence-electron chi connectivity index (χ4n) is 3.01. The molecule has 10 heteroatoms. The number of amides is 3. The molecule has 1 unspecified atom stereocenters. The highest BCUT2D eigenvalue weighted by Gasteiger charge is 2.29. The zero-order valence-corrected chi connectivity index (χ0v) is 17.6. The summed E-state index contributed by atoms with van der Waals surface area (Å²) in [6, 6.07) is 7.09. The van der Waals surface area contributed by atoms with Crippen molar-refractivity contribution in [2.75, 3.05) is 37.2 Å². The quantitative estimate of drug-likeness (QED) is 0.749. The fraction of sp³-hybridized carbons (Fsp3) is 0.400. The van der Waals surface area contributed by atoms with Crippen molar-refractivity contribution in [3.05, 3.63) is 47.6 Å². The van der Waals surface area contributed by atoms with E-state index >= 15 is 0 Å². The van der Waals surface area contributed by atoms with E-state index in [4.69, 9.17) is 4.52 Å². The molecule has 3 amide bonds. The first kappa shape index (κ1) is 21.8. The van der Waals surface area contributed by atoms with Crippen LogP contribution in [-0.2, 0) is 9.59 Å². The zero-order chi connectivity index (χ0) is 21.7. The Morgan fingerprint density at radius 1 is 1.17 bits per heavy atom. The van der Waals surface area contributed by atoms with Crippen molar-refractivity contribution in [1.82, 2.24) is 15.0 Å². The van der Waals surface area contributed by atoms with Gasteiger partial charge in [-0.05, 0) is 38.1 Å². The molecule has 0 saturated carbocycles. The van der Waals surface area contributed by atoms with E-state index in [1.807, 2.05) is 0 Å². The molecule has 1 atom stereocenters. The highest BCUT2D eigenvalue weighted by Crippen LogP contribution is 2.17. The zero-order valence-electron chi connectivity index (χ0n) is 16.8. The maximum Gasteiger partial charge on any atom is 0.292 e.